The molecule has 1 aliphatic heterocycles. The van der Waals surface area contributed by atoms with E-state index in [9.17, 15) is 0 Å². The van der Waals surface area contributed by atoms with Gasteiger partial charge >= 0.3 is 0 Å². The van der Waals surface area contributed by atoms with Gasteiger partial charge in [-0.1, -0.05) is 45.4 Å². The number of hydrogen-bond acceptors (Lipinski definition) is 2. The molecule has 2 rings (SSSR count). The monoisotopic (exact) mass is 289 g/mol. The van der Waals surface area contributed by atoms with E-state index in [0.29, 0.717) is 24.1 Å². The molecule has 0 radical (unpaired) electrons. The van der Waals surface area contributed by atoms with Gasteiger partial charge in [0.15, 0.2) is 0 Å². The molecule has 21 heavy (non-hydrogen) atoms. The summed E-state index contributed by atoms with van der Waals surface area (Å²) in [4.78, 5) is 2.62. The summed E-state index contributed by atoms with van der Waals surface area (Å²) >= 11 is 0. The standard InChI is InChI=1S/C19H31NO/c1-6-9-16-12-17(13-20(16)15(4)5)21-19-11-8-7-10-18(19)14(2)3/h7-8,10-11,14-17H,6,9,12-13H2,1-5H3. The van der Waals surface area contributed by atoms with Crippen molar-refractivity contribution in [2.24, 2.45) is 0 Å². The van der Waals surface area contributed by atoms with E-state index in [1.807, 2.05) is 0 Å². The number of para-hydroxylation sites is 1. The lowest BCUT2D eigenvalue weighted by atomic mass is 10.0. The maximum absolute atomic E-state index is 6.38. The fraction of sp³-hybridized carbons (Fsp3) is 0.684. The smallest absolute Gasteiger partial charge is 0.123 e. The van der Waals surface area contributed by atoms with Crippen LogP contribution in [0.5, 0.6) is 5.75 Å². The van der Waals surface area contributed by atoms with Crippen molar-refractivity contribution in [3.63, 3.8) is 0 Å². The zero-order valence-electron chi connectivity index (χ0n) is 14.3. The molecule has 2 atom stereocenters. The van der Waals surface area contributed by atoms with Crippen molar-refractivity contribution in [2.45, 2.75) is 78.0 Å². The Hall–Kier alpha value is -1.02. The number of ether oxygens (including phenoxy) is 1. The quantitative estimate of drug-likeness (QED) is 0.743. The molecule has 1 fully saturated rings. The van der Waals surface area contributed by atoms with Gasteiger partial charge in [-0.05, 0) is 37.8 Å². The second-order valence-electron chi connectivity index (χ2n) is 6.90. The van der Waals surface area contributed by atoms with Gasteiger partial charge in [-0.3, -0.25) is 4.90 Å². The summed E-state index contributed by atoms with van der Waals surface area (Å²) in [5.41, 5.74) is 1.33. The first kappa shape index (κ1) is 16.4. The number of hydrogen-bond donors (Lipinski definition) is 0. The van der Waals surface area contributed by atoms with Crippen LogP contribution in [0.2, 0.25) is 0 Å². The number of benzene rings is 1. The van der Waals surface area contributed by atoms with Crippen LogP contribution in [0.25, 0.3) is 0 Å². The van der Waals surface area contributed by atoms with E-state index in [1.54, 1.807) is 0 Å². The van der Waals surface area contributed by atoms with Crippen molar-refractivity contribution in [3.8, 4) is 5.75 Å². The van der Waals surface area contributed by atoms with Gasteiger partial charge in [-0.15, -0.1) is 0 Å². The Bertz CT molecular complexity index is 441. The molecule has 1 saturated heterocycles. The van der Waals surface area contributed by atoms with Gasteiger partial charge in [0.05, 0.1) is 0 Å². The summed E-state index contributed by atoms with van der Waals surface area (Å²) in [5, 5.41) is 0. The molecule has 2 unspecified atom stereocenters. The molecule has 0 aliphatic carbocycles. The molecule has 0 amide bonds. The predicted octanol–water partition coefficient (Wildman–Crippen LogP) is 4.84. The Balaban J connectivity index is 2.07. The fourth-order valence-corrected chi connectivity index (χ4v) is 3.48. The minimum atomic E-state index is 0.337. The molecule has 0 N–H and O–H groups in total. The van der Waals surface area contributed by atoms with Crippen molar-refractivity contribution in [3.05, 3.63) is 29.8 Å². The zero-order valence-corrected chi connectivity index (χ0v) is 14.3. The summed E-state index contributed by atoms with van der Waals surface area (Å²) in [7, 11) is 0. The van der Waals surface area contributed by atoms with Crippen molar-refractivity contribution < 1.29 is 4.74 Å². The van der Waals surface area contributed by atoms with E-state index in [1.165, 1.54) is 24.8 Å². The molecule has 1 aromatic carbocycles. The topological polar surface area (TPSA) is 12.5 Å². The molecule has 1 heterocycles. The van der Waals surface area contributed by atoms with Gasteiger partial charge in [-0.2, -0.15) is 0 Å². The molecule has 0 aromatic heterocycles. The highest BCUT2D eigenvalue weighted by atomic mass is 16.5. The largest absolute Gasteiger partial charge is 0.489 e. The van der Waals surface area contributed by atoms with E-state index < -0.39 is 0 Å². The van der Waals surface area contributed by atoms with Gasteiger partial charge in [0.2, 0.25) is 0 Å². The highest BCUT2D eigenvalue weighted by Gasteiger charge is 2.34. The Labute approximate surface area is 130 Å². The second-order valence-corrected chi connectivity index (χ2v) is 6.90. The first-order valence-corrected chi connectivity index (χ1v) is 8.54. The van der Waals surface area contributed by atoms with Crippen LogP contribution >= 0.6 is 0 Å². The molecule has 1 aliphatic rings. The summed E-state index contributed by atoms with van der Waals surface area (Å²) < 4.78 is 6.38. The maximum atomic E-state index is 6.38. The summed E-state index contributed by atoms with van der Waals surface area (Å²) in [5.74, 6) is 1.59. The molecule has 2 heteroatoms. The highest BCUT2D eigenvalue weighted by Crippen LogP contribution is 2.31. The Morgan fingerprint density at radius 1 is 1.19 bits per heavy atom. The third-order valence-electron chi connectivity index (χ3n) is 4.54. The van der Waals surface area contributed by atoms with Gasteiger partial charge in [-0.25, -0.2) is 0 Å². The third-order valence-corrected chi connectivity index (χ3v) is 4.54. The van der Waals surface area contributed by atoms with Gasteiger partial charge in [0, 0.05) is 25.0 Å². The molecule has 0 bridgehead atoms. The lowest BCUT2D eigenvalue weighted by Gasteiger charge is -2.27. The van der Waals surface area contributed by atoms with Gasteiger partial charge < -0.3 is 4.74 Å². The number of likely N-dealkylation sites (tertiary alicyclic amines) is 1. The van der Waals surface area contributed by atoms with E-state index >= 15 is 0 Å². The van der Waals surface area contributed by atoms with Crippen molar-refractivity contribution in [1.29, 1.82) is 0 Å². The third kappa shape index (κ3) is 4.00. The molecule has 1 aromatic rings. The van der Waals surface area contributed by atoms with Crippen molar-refractivity contribution in [2.75, 3.05) is 6.54 Å². The lowest BCUT2D eigenvalue weighted by molar-refractivity contribution is 0.169. The Kier molecular flexibility index (Phi) is 5.69. The van der Waals surface area contributed by atoms with Gasteiger partial charge in [0.25, 0.3) is 0 Å². The average molecular weight is 289 g/mol. The Morgan fingerprint density at radius 2 is 1.90 bits per heavy atom. The zero-order chi connectivity index (χ0) is 15.4. The maximum Gasteiger partial charge on any atom is 0.123 e. The lowest BCUT2D eigenvalue weighted by Crippen LogP contribution is -2.36. The van der Waals surface area contributed by atoms with E-state index in [-0.39, 0.29) is 0 Å². The van der Waals surface area contributed by atoms with Crippen LogP contribution in [0.4, 0.5) is 0 Å². The first-order valence-electron chi connectivity index (χ1n) is 8.54. The second kappa shape index (κ2) is 7.31. The van der Waals surface area contributed by atoms with E-state index in [4.69, 9.17) is 4.74 Å². The fourth-order valence-electron chi connectivity index (χ4n) is 3.48. The highest BCUT2D eigenvalue weighted by molar-refractivity contribution is 5.35. The van der Waals surface area contributed by atoms with Crippen molar-refractivity contribution in [1.82, 2.24) is 4.90 Å². The minimum Gasteiger partial charge on any atom is -0.489 e. The average Bonchev–Trinajstić information content (AvgIpc) is 2.82. The molecule has 0 saturated carbocycles. The number of nitrogens with zero attached hydrogens (tertiary/aromatic N) is 1. The first-order chi connectivity index (χ1) is 10.0. The predicted molar refractivity (Wildman–Crippen MR) is 90.1 cm³/mol. The van der Waals surface area contributed by atoms with Crippen LogP contribution in [0.3, 0.4) is 0 Å². The van der Waals surface area contributed by atoms with E-state index in [2.05, 4.69) is 63.8 Å². The van der Waals surface area contributed by atoms with Gasteiger partial charge in [0.1, 0.15) is 11.9 Å². The van der Waals surface area contributed by atoms with E-state index in [0.717, 1.165) is 12.3 Å². The van der Waals surface area contributed by atoms with Crippen molar-refractivity contribution >= 4 is 0 Å². The SMILES string of the molecule is CCCC1CC(Oc2ccccc2C(C)C)CN1C(C)C. The minimum absolute atomic E-state index is 0.337. The Morgan fingerprint density at radius 3 is 2.52 bits per heavy atom. The summed E-state index contributed by atoms with van der Waals surface area (Å²) in [6, 6.07) is 9.81. The van der Waals surface area contributed by atoms with Crippen LogP contribution in [-0.4, -0.2) is 29.6 Å². The molecular formula is C19H31NO. The summed E-state index contributed by atoms with van der Waals surface area (Å²) in [6.07, 6.45) is 4.04. The normalized spacial score (nSPS) is 23.2. The van der Waals surface area contributed by atoms with Crippen LogP contribution in [-0.2, 0) is 0 Å². The van der Waals surface area contributed by atoms with Crippen LogP contribution < -0.4 is 4.74 Å². The number of rotatable bonds is 6. The molecule has 118 valence electrons. The summed E-state index contributed by atoms with van der Waals surface area (Å²) in [6.45, 7) is 12.4. The van der Waals surface area contributed by atoms with Crippen LogP contribution in [0, 0.1) is 0 Å². The molecule has 0 spiro atoms. The van der Waals surface area contributed by atoms with Crippen LogP contribution in [0.15, 0.2) is 24.3 Å². The molecular weight excluding hydrogens is 258 g/mol. The van der Waals surface area contributed by atoms with Crippen LogP contribution in [0.1, 0.15) is 65.4 Å². The molecule has 2 nitrogen and oxygen atoms in total.